The number of urea groups is 1. The van der Waals surface area contributed by atoms with Crippen molar-refractivity contribution in [2.24, 2.45) is 0 Å². The average Bonchev–Trinajstić information content (AvgIpc) is 2.69. The van der Waals surface area contributed by atoms with Crippen molar-refractivity contribution in [3.05, 3.63) is 29.8 Å². The lowest BCUT2D eigenvalue weighted by molar-refractivity contribution is 0.0383. The van der Waals surface area contributed by atoms with E-state index in [0.29, 0.717) is 24.3 Å². The van der Waals surface area contributed by atoms with Gasteiger partial charge in [0.25, 0.3) is 5.91 Å². The number of unbranched alkanes of at least 4 members (excludes halogenated alkanes) is 3. The summed E-state index contributed by atoms with van der Waals surface area (Å²) in [6.07, 6.45) is 4.50. The molecule has 7 nitrogen and oxygen atoms in total. The molecule has 0 radical (unpaired) electrons. The van der Waals surface area contributed by atoms with Crippen LogP contribution in [0.15, 0.2) is 24.3 Å². The monoisotopic (exact) mass is 376 g/mol. The smallest absolute Gasteiger partial charge is 0.319 e. The molecule has 0 bridgehead atoms. The van der Waals surface area contributed by atoms with Gasteiger partial charge in [-0.3, -0.25) is 9.69 Å². The fourth-order valence-electron chi connectivity index (χ4n) is 2.89. The minimum Gasteiger partial charge on any atom is -0.379 e. The van der Waals surface area contributed by atoms with Crippen LogP contribution in [0.4, 0.5) is 10.5 Å². The second kappa shape index (κ2) is 12.3. The SMILES string of the molecule is CCCCCCNC(=O)Nc1ccc(C(=O)NCCN2CCOCC2)cc1. The van der Waals surface area contributed by atoms with Crippen LogP contribution in [-0.4, -0.2) is 62.8 Å². The minimum absolute atomic E-state index is 0.102. The van der Waals surface area contributed by atoms with E-state index >= 15 is 0 Å². The molecule has 0 aliphatic carbocycles. The third kappa shape index (κ3) is 8.41. The third-order valence-electron chi connectivity index (χ3n) is 4.54. The van der Waals surface area contributed by atoms with Gasteiger partial charge in [0.2, 0.25) is 0 Å². The quantitative estimate of drug-likeness (QED) is 0.548. The van der Waals surface area contributed by atoms with Gasteiger partial charge in [-0.1, -0.05) is 26.2 Å². The van der Waals surface area contributed by atoms with Crippen molar-refractivity contribution in [2.75, 3.05) is 51.3 Å². The third-order valence-corrected chi connectivity index (χ3v) is 4.54. The zero-order chi connectivity index (χ0) is 19.3. The Morgan fingerprint density at radius 2 is 1.74 bits per heavy atom. The Kier molecular flexibility index (Phi) is 9.65. The molecule has 1 aliphatic heterocycles. The zero-order valence-corrected chi connectivity index (χ0v) is 16.3. The Labute approximate surface area is 161 Å². The predicted molar refractivity (Wildman–Crippen MR) is 107 cm³/mol. The Balaban J connectivity index is 1.65. The molecule has 0 unspecified atom stereocenters. The standard InChI is InChI=1S/C20H32N4O3/c1-2-3-4-5-10-22-20(26)23-18-8-6-17(7-9-18)19(25)21-11-12-24-13-15-27-16-14-24/h6-9H,2-5,10-16H2,1H3,(H,21,25)(H2,22,23,26). The van der Waals surface area contributed by atoms with Crippen molar-refractivity contribution in [3.8, 4) is 0 Å². The molecule has 1 heterocycles. The molecule has 2 rings (SSSR count). The molecule has 0 atom stereocenters. The van der Waals surface area contributed by atoms with Gasteiger partial charge in [-0.05, 0) is 30.7 Å². The van der Waals surface area contributed by atoms with E-state index in [1.54, 1.807) is 24.3 Å². The second-order valence-electron chi connectivity index (χ2n) is 6.73. The number of benzene rings is 1. The largest absolute Gasteiger partial charge is 0.379 e. The number of hydrogen-bond acceptors (Lipinski definition) is 4. The topological polar surface area (TPSA) is 82.7 Å². The first kappa shape index (κ1) is 21.2. The van der Waals surface area contributed by atoms with E-state index < -0.39 is 0 Å². The van der Waals surface area contributed by atoms with Crippen LogP contribution < -0.4 is 16.0 Å². The van der Waals surface area contributed by atoms with Crippen LogP contribution >= 0.6 is 0 Å². The Hall–Kier alpha value is -2.12. The van der Waals surface area contributed by atoms with E-state index in [1.807, 2.05) is 0 Å². The molecule has 150 valence electrons. The summed E-state index contributed by atoms with van der Waals surface area (Å²) in [5, 5.41) is 8.56. The molecular formula is C20H32N4O3. The molecule has 0 aromatic heterocycles. The molecule has 1 fully saturated rings. The van der Waals surface area contributed by atoms with Gasteiger partial charge in [0.15, 0.2) is 0 Å². The number of hydrogen-bond donors (Lipinski definition) is 3. The number of rotatable bonds is 10. The number of carbonyl (C=O) groups excluding carboxylic acids is 2. The normalized spacial score (nSPS) is 14.6. The summed E-state index contributed by atoms with van der Waals surface area (Å²) < 4.78 is 5.31. The molecule has 1 aromatic rings. The number of nitrogens with one attached hydrogen (secondary N) is 3. The van der Waals surface area contributed by atoms with Gasteiger partial charge in [-0.15, -0.1) is 0 Å². The molecule has 3 amide bonds. The Morgan fingerprint density at radius 3 is 2.44 bits per heavy atom. The maximum Gasteiger partial charge on any atom is 0.319 e. The number of morpholine rings is 1. The highest BCUT2D eigenvalue weighted by Crippen LogP contribution is 2.09. The van der Waals surface area contributed by atoms with E-state index in [9.17, 15) is 9.59 Å². The van der Waals surface area contributed by atoms with Gasteiger partial charge in [0, 0.05) is 44.0 Å². The predicted octanol–water partition coefficient (Wildman–Crippen LogP) is 2.45. The molecule has 0 saturated carbocycles. The van der Waals surface area contributed by atoms with Crippen LogP contribution in [0.3, 0.4) is 0 Å². The highest BCUT2D eigenvalue weighted by Gasteiger charge is 2.11. The van der Waals surface area contributed by atoms with Gasteiger partial charge in [0.1, 0.15) is 0 Å². The zero-order valence-electron chi connectivity index (χ0n) is 16.3. The first-order chi connectivity index (χ1) is 13.2. The van der Waals surface area contributed by atoms with Gasteiger partial charge in [-0.25, -0.2) is 4.79 Å². The second-order valence-corrected chi connectivity index (χ2v) is 6.73. The van der Waals surface area contributed by atoms with Crippen LogP contribution in [0.25, 0.3) is 0 Å². The molecular weight excluding hydrogens is 344 g/mol. The maximum atomic E-state index is 12.2. The van der Waals surface area contributed by atoms with Gasteiger partial charge in [0.05, 0.1) is 13.2 Å². The Bertz CT molecular complexity index is 571. The number of anilines is 1. The molecule has 3 N–H and O–H groups in total. The van der Waals surface area contributed by atoms with Gasteiger partial charge >= 0.3 is 6.03 Å². The highest BCUT2D eigenvalue weighted by molar-refractivity contribution is 5.95. The molecule has 1 aromatic carbocycles. The summed E-state index contributed by atoms with van der Waals surface area (Å²) in [5.41, 5.74) is 1.26. The summed E-state index contributed by atoms with van der Waals surface area (Å²) in [6.45, 7) is 7.62. The van der Waals surface area contributed by atoms with Gasteiger partial charge in [-0.2, -0.15) is 0 Å². The van der Waals surface area contributed by atoms with Crippen LogP contribution in [0.2, 0.25) is 0 Å². The van der Waals surface area contributed by atoms with Crippen LogP contribution in [0.5, 0.6) is 0 Å². The lowest BCUT2D eigenvalue weighted by Gasteiger charge is -2.26. The molecule has 7 heteroatoms. The minimum atomic E-state index is -0.214. The summed E-state index contributed by atoms with van der Waals surface area (Å²) in [4.78, 5) is 26.3. The first-order valence-electron chi connectivity index (χ1n) is 9.92. The summed E-state index contributed by atoms with van der Waals surface area (Å²) in [6, 6.07) is 6.72. The molecule has 27 heavy (non-hydrogen) atoms. The fourth-order valence-corrected chi connectivity index (χ4v) is 2.89. The lowest BCUT2D eigenvalue weighted by Crippen LogP contribution is -2.41. The summed E-state index contributed by atoms with van der Waals surface area (Å²) >= 11 is 0. The van der Waals surface area contributed by atoms with Crippen molar-refractivity contribution in [2.45, 2.75) is 32.6 Å². The van der Waals surface area contributed by atoms with E-state index in [1.165, 1.54) is 12.8 Å². The van der Waals surface area contributed by atoms with E-state index in [0.717, 1.165) is 45.7 Å². The van der Waals surface area contributed by atoms with Crippen molar-refractivity contribution in [1.29, 1.82) is 0 Å². The van der Waals surface area contributed by atoms with Crippen molar-refractivity contribution in [3.63, 3.8) is 0 Å². The lowest BCUT2D eigenvalue weighted by atomic mass is 10.2. The summed E-state index contributed by atoms with van der Waals surface area (Å²) in [5.74, 6) is -0.102. The van der Waals surface area contributed by atoms with E-state index in [-0.39, 0.29) is 11.9 Å². The van der Waals surface area contributed by atoms with Crippen LogP contribution in [0.1, 0.15) is 43.0 Å². The van der Waals surface area contributed by atoms with Crippen molar-refractivity contribution in [1.82, 2.24) is 15.5 Å². The Morgan fingerprint density at radius 1 is 1.00 bits per heavy atom. The first-order valence-corrected chi connectivity index (χ1v) is 9.92. The van der Waals surface area contributed by atoms with E-state index in [2.05, 4.69) is 27.8 Å². The maximum absolute atomic E-state index is 12.2. The number of carbonyl (C=O) groups is 2. The van der Waals surface area contributed by atoms with Crippen molar-refractivity contribution < 1.29 is 14.3 Å². The van der Waals surface area contributed by atoms with Crippen molar-refractivity contribution >= 4 is 17.6 Å². The number of nitrogens with zero attached hydrogens (tertiary/aromatic N) is 1. The molecule has 1 saturated heterocycles. The fraction of sp³-hybridized carbons (Fsp3) is 0.600. The average molecular weight is 377 g/mol. The molecule has 1 aliphatic rings. The highest BCUT2D eigenvalue weighted by atomic mass is 16.5. The summed E-state index contributed by atoms with van der Waals surface area (Å²) in [7, 11) is 0. The molecule has 0 spiro atoms. The van der Waals surface area contributed by atoms with E-state index in [4.69, 9.17) is 4.74 Å². The number of amides is 3. The number of ether oxygens (including phenoxy) is 1. The van der Waals surface area contributed by atoms with Gasteiger partial charge < -0.3 is 20.7 Å². The van der Waals surface area contributed by atoms with Crippen LogP contribution in [0, 0.1) is 0 Å². The van der Waals surface area contributed by atoms with Crippen LogP contribution in [-0.2, 0) is 4.74 Å².